The molecule has 2 heteroatoms. The molecule has 0 unspecified atom stereocenters. The summed E-state index contributed by atoms with van der Waals surface area (Å²) in [5.74, 6) is 0.632. The van der Waals surface area contributed by atoms with Gasteiger partial charge in [0.1, 0.15) is 0 Å². The van der Waals surface area contributed by atoms with Crippen LogP contribution in [-0.4, -0.2) is 12.5 Å². The Hall–Kier alpha value is -0.530. The van der Waals surface area contributed by atoms with Crippen LogP contribution in [0.1, 0.15) is 26.2 Å². The first-order valence-electron chi connectivity index (χ1n) is 4.00. The minimum Gasteiger partial charge on any atom is -0.355 e. The highest BCUT2D eigenvalue weighted by molar-refractivity contribution is 5.82. The van der Waals surface area contributed by atoms with Crippen molar-refractivity contribution in [3.05, 3.63) is 0 Å². The van der Waals surface area contributed by atoms with E-state index in [4.69, 9.17) is 0 Å². The second kappa shape index (κ2) is 1.74. The van der Waals surface area contributed by atoms with Crippen LogP contribution in [0.2, 0.25) is 0 Å². The fourth-order valence-electron chi connectivity index (χ4n) is 2.30. The van der Waals surface area contributed by atoms with Crippen molar-refractivity contribution in [3.8, 4) is 0 Å². The van der Waals surface area contributed by atoms with Crippen LogP contribution in [0.4, 0.5) is 0 Å². The van der Waals surface area contributed by atoms with E-state index in [0.29, 0.717) is 17.2 Å². The molecule has 0 aromatic rings. The van der Waals surface area contributed by atoms with Gasteiger partial charge in [0.15, 0.2) is 0 Å². The Bertz CT molecular complexity index is 178. The van der Waals surface area contributed by atoms with Crippen molar-refractivity contribution >= 4 is 5.91 Å². The second-order valence-electron chi connectivity index (χ2n) is 3.82. The standard InChI is InChI=1S/C8H13NO/c1-8-4-2-3-6(8)7(10)9-5-8/h6H,2-5H2,1H3,(H,9,10)/t6-,8+/m0/s1. The van der Waals surface area contributed by atoms with Crippen LogP contribution in [0.25, 0.3) is 0 Å². The Morgan fingerprint density at radius 3 is 3.20 bits per heavy atom. The molecular formula is C8H13NO. The number of hydrogen-bond acceptors (Lipinski definition) is 1. The molecule has 2 rings (SSSR count). The zero-order valence-electron chi connectivity index (χ0n) is 6.31. The minimum atomic E-state index is 0.292. The summed E-state index contributed by atoms with van der Waals surface area (Å²) in [5, 5.41) is 2.92. The molecule has 1 amide bonds. The van der Waals surface area contributed by atoms with E-state index in [2.05, 4.69) is 12.2 Å². The van der Waals surface area contributed by atoms with Crippen LogP contribution < -0.4 is 5.32 Å². The van der Waals surface area contributed by atoms with Gasteiger partial charge in [-0.2, -0.15) is 0 Å². The van der Waals surface area contributed by atoms with Crippen molar-refractivity contribution in [3.63, 3.8) is 0 Å². The first-order valence-corrected chi connectivity index (χ1v) is 4.00. The molecule has 0 radical (unpaired) electrons. The molecule has 2 nitrogen and oxygen atoms in total. The van der Waals surface area contributed by atoms with E-state index < -0.39 is 0 Å². The Kier molecular flexibility index (Phi) is 1.08. The third-order valence-corrected chi connectivity index (χ3v) is 3.06. The maximum absolute atomic E-state index is 11.1. The van der Waals surface area contributed by atoms with Gasteiger partial charge in [-0.15, -0.1) is 0 Å². The molecule has 0 bridgehead atoms. The normalized spacial score (nSPS) is 45.3. The van der Waals surface area contributed by atoms with Gasteiger partial charge in [0, 0.05) is 12.5 Å². The predicted octanol–water partition coefficient (Wildman–Crippen LogP) is 0.923. The number of fused-ring (bicyclic) bond motifs is 1. The average Bonchev–Trinajstić information content (AvgIpc) is 2.35. The van der Waals surface area contributed by atoms with Crippen LogP contribution in [0.15, 0.2) is 0 Å². The molecule has 10 heavy (non-hydrogen) atoms. The molecule has 1 aliphatic heterocycles. The third kappa shape index (κ3) is 0.619. The quantitative estimate of drug-likeness (QED) is 0.531. The summed E-state index contributed by atoms with van der Waals surface area (Å²) in [6, 6.07) is 0. The summed E-state index contributed by atoms with van der Waals surface area (Å²) in [5.41, 5.74) is 0.317. The van der Waals surface area contributed by atoms with E-state index in [0.717, 1.165) is 13.0 Å². The zero-order valence-corrected chi connectivity index (χ0v) is 6.31. The molecule has 2 atom stereocenters. The number of amides is 1. The number of carbonyl (C=O) groups is 1. The van der Waals surface area contributed by atoms with Gasteiger partial charge < -0.3 is 5.32 Å². The van der Waals surface area contributed by atoms with Crippen molar-refractivity contribution in [1.29, 1.82) is 0 Å². The molecule has 0 spiro atoms. The number of hydrogen-bond donors (Lipinski definition) is 1. The number of carbonyl (C=O) groups excluding carboxylic acids is 1. The van der Waals surface area contributed by atoms with Gasteiger partial charge in [0.2, 0.25) is 5.91 Å². The highest BCUT2D eigenvalue weighted by Gasteiger charge is 2.47. The SMILES string of the molecule is C[C@]12CCC[C@H]1C(=O)NC2. The van der Waals surface area contributed by atoms with E-state index in [-0.39, 0.29) is 0 Å². The molecule has 2 aliphatic rings. The molecular weight excluding hydrogens is 126 g/mol. The zero-order chi connectivity index (χ0) is 7.19. The van der Waals surface area contributed by atoms with E-state index in [9.17, 15) is 4.79 Å². The Morgan fingerprint density at radius 2 is 2.50 bits per heavy atom. The Balaban J connectivity index is 2.27. The van der Waals surface area contributed by atoms with Crippen LogP contribution in [0.3, 0.4) is 0 Å². The van der Waals surface area contributed by atoms with E-state index >= 15 is 0 Å². The molecule has 0 aromatic heterocycles. The Labute approximate surface area is 61.0 Å². The fraction of sp³-hybridized carbons (Fsp3) is 0.875. The van der Waals surface area contributed by atoms with Crippen LogP contribution in [-0.2, 0) is 4.79 Å². The van der Waals surface area contributed by atoms with Crippen LogP contribution in [0, 0.1) is 11.3 Å². The van der Waals surface area contributed by atoms with Crippen LogP contribution in [0.5, 0.6) is 0 Å². The minimum absolute atomic E-state index is 0.292. The van der Waals surface area contributed by atoms with Crippen molar-refractivity contribution in [2.24, 2.45) is 11.3 Å². The predicted molar refractivity (Wildman–Crippen MR) is 38.5 cm³/mol. The summed E-state index contributed by atoms with van der Waals surface area (Å²) in [6.45, 7) is 3.14. The van der Waals surface area contributed by atoms with E-state index in [1.807, 2.05) is 0 Å². The van der Waals surface area contributed by atoms with Gasteiger partial charge >= 0.3 is 0 Å². The van der Waals surface area contributed by atoms with E-state index in [1.165, 1.54) is 12.8 Å². The van der Waals surface area contributed by atoms with Gasteiger partial charge in [0.25, 0.3) is 0 Å². The van der Waals surface area contributed by atoms with Gasteiger partial charge in [-0.1, -0.05) is 13.3 Å². The summed E-state index contributed by atoms with van der Waals surface area (Å²) in [4.78, 5) is 11.1. The summed E-state index contributed by atoms with van der Waals surface area (Å²) >= 11 is 0. The summed E-state index contributed by atoms with van der Waals surface area (Å²) in [6.07, 6.45) is 3.59. The largest absolute Gasteiger partial charge is 0.355 e. The van der Waals surface area contributed by atoms with Crippen molar-refractivity contribution in [2.45, 2.75) is 26.2 Å². The summed E-state index contributed by atoms with van der Waals surface area (Å²) < 4.78 is 0. The lowest BCUT2D eigenvalue weighted by Crippen LogP contribution is -2.20. The molecule has 0 aromatic carbocycles. The molecule has 1 saturated heterocycles. The van der Waals surface area contributed by atoms with Crippen molar-refractivity contribution in [1.82, 2.24) is 5.32 Å². The number of nitrogens with one attached hydrogen (secondary N) is 1. The monoisotopic (exact) mass is 139 g/mol. The van der Waals surface area contributed by atoms with Gasteiger partial charge in [0.05, 0.1) is 0 Å². The van der Waals surface area contributed by atoms with Gasteiger partial charge in [-0.05, 0) is 18.3 Å². The van der Waals surface area contributed by atoms with Crippen molar-refractivity contribution in [2.75, 3.05) is 6.54 Å². The molecule has 1 N–H and O–H groups in total. The first-order chi connectivity index (χ1) is 4.72. The third-order valence-electron chi connectivity index (χ3n) is 3.06. The molecule has 2 fully saturated rings. The lowest BCUT2D eigenvalue weighted by Gasteiger charge is -2.19. The smallest absolute Gasteiger partial charge is 0.223 e. The van der Waals surface area contributed by atoms with Crippen LogP contribution >= 0.6 is 0 Å². The lowest BCUT2D eigenvalue weighted by atomic mass is 9.83. The molecule has 1 aliphatic carbocycles. The molecule has 1 heterocycles. The molecule has 56 valence electrons. The topological polar surface area (TPSA) is 29.1 Å². The molecule has 1 saturated carbocycles. The first kappa shape index (κ1) is 6.20. The number of rotatable bonds is 0. The van der Waals surface area contributed by atoms with Crippen molar-refractivity contribution < 1.29 is 4.79 Å². The summed E-state index contributed by atoms with van der Waals surface area (Å²) in [7, 11) is 0. The van der Waals surface area contributed by atoms with Gasteiger partial charge in [-0.25, -0.2) is 0 Å². The maximum Gasteiger partial charge on any atom is 0.223 e. The maximum atomic E-state index is 11.1. The highest BCUT2D eigenvalue weighted by Crippen LogP contribution is 2.45. The fourth-order valence-corrected chi connectivity index (χ4v) is 2.30. The lowest BCUT2D eigenvalue weighted by molar-refractivity contribution is -0.123. The van der Waals surface area contributed by atoms with Gasteiger partial charge in [-0.3, -0.25) is 4.79 Å². The van der Waals surface area contributed by atoms with E-state index in [1.54, 1.807) is 0 Å². The Morgan fingerprint density at radius 1 is 1.70 bits per heavy atom. The average molecular weight is 139 g/mol. The highest BCUT2D eigenvalue weighted by atomic mass is 16.2. The second-order valence-corrected chi connectivity index (χ2v) is 3.82.